The molecule has 1 aromatic carbocycles. The van der Waals surface area contributed by atoms with E-state index in [9.17, 15) is 4.79 Å². The molecule has 0 saturated carbocycles. The molecule has 0 aliphatic rings. The number of nitrogens with two attached hydrogens (primary N) is 1. The van der Waals surface area contributed by atoms with Gasteiger partial charge in [-0.05, 0) is 30.2 Å². The van der Waals surface area contributed by atoms with Crippen molar-refractivity contribution in [3.05, 3.63) is 29.3 Å². The van der Waals surface area contributed by atoms with E-state index in [-0.39, 0.29) is 6.42 Å². The number of benzene rings is 1. The fourth-order valence-corrected chi connectivity index (χ4v) is 1.15. The van der Waals surface area contributed by atoms with Crippen LogP contribution in [0.25, 0.3) is 0 Å². The van der Waals surface area contributed by atoms with Crippen molar-refractivity contribution in [3.63, 3.8) is 0 Å². The van der Waals surface area contributed by atoms with Crippen molar-refractivity contribution in [2.45, 2.75) is 13.3 Å². The molecule has 0 radical (unpaired) electrons. The van der Waals surface area contributed by atoms with Gasteiger partial charge in [0, 0.05) is 5.69 Å². The maximum atomic E-state index is 10.4. The second kappa shape index (κ2) is 3.91. The number of hydrogen-bond acceptors (Lipinski definition) is 3. The summed E-state index contributed by atoms with van der Waals surface area (Å²) in [5.41, 5.74) is 5.02. The van der Waals surface area contributed by atoms with Crippen LogP contribution in [0.15, 0.2) is 18.2 Å². The molecule has 0 atom stereocenters. The lowest BCUT2D eigenvalue weighted by Crippen LogP contribution is -2.08. The molecular weight excluding hydrogens is 168 g/mol. The van der Waals surface area contributed by atoms with Crippen molar-refractivity contribution >= 4 is 11.7 Å². The first-order chi connectivity index (χ1) is 6.13. The molecule has 13 heavy (non-hydrogen) atoms. The SMILES string of the molecule is Cc1cc(NN)ccc1CC(=O)O. The molecule has 0 spiro atoms. The van der Waals surface area contributed by atoms with Gasteiger partial charge in [0.1, 0.15) is 0 Å². The Bertz CT molecular complexity index is 323. The predicted octanol–water partition coefficient (Wildman–Crippen LogP) is 0.908. The van der Waals surface area contributed by atoms with Crippen LogP contribution < -0.4 is 11.3 Å². The van der Waals surface area contributed by atoms with Crippen LogP contribution >= 0.6 is 0 Å². The Morgan fingerprint density at radius 2 is 2.31 bits per heavy atom. The molecule has 1 rings (SSSR count). The van der Waals surface area contributed by atoms with Crippen LogP contribution in [-0.4, -0.2) is 11.1 Å². The first-order valence-electron chi connectivity index (χ1n) is 3.91. The van der Waals surface area contributed by atoms with Crippen molar-refractivity contribution in [2.24, 2.45) is 5.84 Å². The molecule has 0 bridgehead atoms. The Hall–Kier alpha value is -1.55. The van der Waals surface area contributed by atoms with Gasteiger partial charge in [0.15, 0.2) is 0 Å². The zero-order chi connectivity index (χ0) is 9.84. The Morgan fingerprint density at radius 1 is 1.62 bits per heavy atom. The molecule has 4 heteroatoms. The van der Waals surface area contributed by atoms with E-state index in [0.717, 1.165) is 16.8 Å². The second-order valence-corrected chi connectivity index (χ2v) is 2.86. The number of rotatable bonds is 3. The molecule has 0 aromatic heterocycles. The first kappa shape index (κ1) is 9.54. The van der Waals surface area contributed by atoms with Gasteiger partial charge in [-0.25, -0.2) is 0 Å². The van der Waals surface area contributed by atoms with Crippen molar-refractivity contribution in [1.82, 2.24) is 0 Å². The maximum absolute atomic E-state index is 10.4. The number of aryl methyl sites for hydroxylation is 1. The summed E-state index contributed by atoms with van der Waals surface area (Å²) < 4.78 is 0. The Labute approximate surface area is 76.3 Å². The van der Waals surface area contributed by atoms with Crippen molar-refractivity contribution in [3.8, 4) is 0 Å². The molecule has 1 aromatic rings. The van der Waals surface area contributed by atoms with Crippen LogP contribution in [0, 0.1) is 6.92 Å². The molecule has 0 aliphatic carbocycles. The number of aliphatic carboxylic acids is 1. The number of hydrazine groups is 1. The average molecular weight is 180 g/mol. The predicted molar refractivity (Wildman–Crippen MR) is 50.3 cm³/mol. The third-order valence-electron chi connectivity index (χ3n) is 1.85. The van der Waals surface area contributed by atoms with Gasteiger partial charge in [0.05, 0.1) is 6.42 Å². The summed E-state index contributed by atoms with van der Waals surface area (Å²) >= 11 is 0. The smallest absolute Gasteiger partial charge is 0.307 e. The molecule has 0 amide bonds. The first-order valence-corrected chi connectivity index (χ1v) is 3.91. The van der Waals surface area contributed by atoms with E-state index < -0.39 is 5.97 Å². The van der Waals surface area contributed by atoms with Gasteiger partial charge in [-0.1, -0.05) is 6.07 Å². The number of carboxylic acids is 1. The van der Waals surface area contributed by atoms with Crippen LogP contribution in [0.3, 0.4) is 0 Å². The van der Waals surface area contributed by atoms with Crippen molar-refractivity contribution in [1.29, 1.82) is 0 Å². The Morgan fingerprint density at radius 3 is 2.77 bits per heavy atom. The molecular formula is C9H12N2O2. The second-order valence-electron chi connectivity index (χ2n) is 2.86. The minimum absolute atomic E-state index is 0.0523. The standard InChI is InChI=1S/C9H12N2O2/c1-6-4-8(11-10)3-2-7(6)5-9(12)13/h2-4,11H,5,10H2,1H3,(H,12,13). The molecule has 4 N–H and O–H groups in total. The van der Waals surface area contributed by atoms with Crippen LogP contribution in [0.1, 0.15) is 11.1 Å². The van der Waals surface area contributed by atoms with E-state index >= 15 is 0 Å². The van der Waals surface area contributed by atoms with Crippen LogP contribution in [0.4, 0.5) is 5.69 Å². The molecule has 0 heterocycles. The quantitative estimate of drug-likeness (QED) is 0.477. The largest absolute Gasteiger partial charge is 0.481 e. The van der Waals surface area contributed by atoms with Gasteiger partial charge in [-0.3, -0.25) is 10.6 Å². The number of carbonyl (C=O) groups is 1. The van der Waals surface area contributed by atoms with E-state index in [0.29, 0.717) is 0 Å². The minimum Gasteiger partial charge on any atom is -0.481 e. The summed E-state index contributed by atoms with van der Waals surface area (Å²) in [5, 5.41) is 8.58. The van der Waals surface area contributed by atoms with Gasteiger partial charge >= 0.3 is 5.97 Å². The third-order valence-corrected chi connectivity index (χ3v) is 1.85. The monoisotopic (exact) mass is 180 g/mol. The number of nitrogen functional groups attached to an aromatic ring is 1. The summed E-state index contributed by atoms with van der Waals surface area (Å²) in [5.74, 6) is 4.38. The van der Waals surface area contributed by atoms with Crippen molar-refractivity contribution < 1.29 is 9.90 Å². The summed E-state index contributed by atoms with van der Waals surface area (Å²) in [4.78, 5) is 10.4. The summed E-state index contributed by atoms with van der Waals surface area (Å²) in [6.45, 7) is 1.86. The number of hydrogen-bond donors (Lipinski definition) is 3. The lowest BCUT2D eigenvalue weighted by atomic mass is 10.1. The average Bonchev–Trinajstić information content (AvgIpc) is 2.08. The van der Waals surface area contributed by atoms with E-state index in [1.165, 1.54) is 0 Å². The molecule has 0 fully saturated rings. The number of carboxylic acid groups (broad SMARTS) is 1. The van der Waals surface area contributed by atoms with Gasteiger partial charge in [-0.2, -0.15) is 0 Å². The highest BCUT2D eigenvalue weighted by molar-refractivity contribution is 5.71. The Balaban J connectivity index is 2.91. The highest BCUT2D eigenvalue weighted by atomic mass is 16.4. The summed E-state index contributed by atoms with van der Waals surface area (Å²) in [6, 6.07) is 5.34. The van der Waals surface area contributed by atoms with Crippen LogP contribution in [0.2, 0.25) is 0 Å². The van der Waals surface area contributed by atoms with Crippen LogP contribution in [0.5, 0.6) is 0 Å². The Kier molecular flexibility index (Phi) is 2.87. The maximum Gasteiger partial charge on any atom is 0.307 e. The zero-order valence-electron chi connectivity index (χ0n) is 7.37. The molecule has 4 nitrogen and oxygen atoms in total. The normalized spacial score (nSPS) is 9.69. The molecule has 0 saturated heterocycles. The topological polar surface area (TPSA) is 75.3 Å². The van der Waals surface area contributed by atoms with E-state index in [1.54, 1.807) is 12.1 Å². The number of nitrogens with one attached hydrogen (secondary N) is 1. The lowest BCUT2D eigenvalue weighted by Gasteiger charge is -2.05. The minimum atomic E-state index is -0.823. The molecule has 0 aliphatic heterocycles. The van der Waals surface area contributed by atoms with E-state index in [2.05, 4.69) is 5.43 Å². The third kappa shape index (κ3) is 2.45. The van der Waals surface area contributed by atoms with Gasteiger partial charge in [-0.15, -0.1) is 0 Å². The summed E-state index contributed by atoms with van der Waals surface area (Å²) in [7, 11) is 0. The fraction of sp³-hybridized carbons (Fsp3) is 0.222. The van der Waals surface area contributed by atoms with E-state index in [4.69, 9.17) is 10.9 Å². The fourth-order valence-electron chi connectivity index (χ4n) is 1.15. The van der Waals surface area contributed by atoms with Gasteiger partial charge < -0.3 is 10.5 Å². The summed E-state index contributed by atoms with van der Waals surface area (Å²) in [6.07, 6.45) is 0.0523. The highest BCUT2D eigenvalue weighted by Gasteiger charge is 2.03. The zero-order valence-corrected chi connectivity index (χ0v) is 7.37. The lowest BCUT2D eigenvalue weighted by molar-refractivity contribution is -0.136. The van der Waals surface area contributed by atoms with Gasteiger partial charge in [0.25, 0.3) is 0 Å². The molecule has 0 unspecified atom stereocenters. The van der Waals surface area contributed by atoms with Gasteiger partial charge in [0.2, 0.25) is 0 Å². The number of anilines is 1. The van der Waals surface area contributed by atoms with Crippen LogP contribution in [-0.2, 0) is 11.2 Å². The van der Waals surface area contributed by atoms with E-state index in [1.807, 2.05) is 13.0 Å². The highest BCUT2D eigenvalue weighted by Crippen LogP contribution is 2.14. The van der Waals surface area contributed by atoms with Crippen molar-refractivity contribution in [2.75, 3.05) is 5.43 Å². The molecule has 70 valence electrons.